The zero-order valence-electron chi connectivity index (χ0n) is 18.8. The average Bonchev–Trinajstić information content (AvgIpc) is 2.85. The molecule has 5 heteroatoms. The Bertz CT molecular complexity index is 968. The molecule has 0 unspecified atom stereocenters. The Balaban J connectivity index is 1.21. The lowest BCUT2D eigenvalue weighted by atomic mass is 10.1. The van der Waals surface area contributed by atoms with Crippen LogP contribution in [-0.2, 0) is 11.3 Å². The SMILES string of the molecule is C[C@H]([NH2+]CC(=O)Nc1ccc(N2CC[NH+](Cc3ccccc3)CC2)cc1)c1ccccc1. The summed E-state index contributed by atoms with van der Waals surface area (Å²) in [5.41, 5.74) is 4.72. The third-order valence-electron chi connectivity index (χ3n) is 6.27. The van der Waals surface area contributed by atoms with Gasteiger partial charge in [-0.25, -0.2) is 0 Å². The van der Waals surface area contributed by atoms with Gasteiger partial charge in [0.05, 0.1) is 26.2 Å². The van der Waals surface area contributed by atoms with Crippen molar-refractivity contribution in [1.29, 1.82) is 0 Å². The van der Waals surface area contributed by atoms with E-state index in [1.165, 1.54) is 16.8 Å². The third kappa shape index (κ3) is 6.19. The van der Waals surface area contributed by atoms with Crippen LogP contribution in [0.3, 0.4) is 0 Å². The van der Waals surface area contributed by atoms with Crippen LogP contribution in [-0.4, -0.2) is 38.6 Å². The van der Waals surface area contributed by atoms with Crippen molar-refractivity contribution in [2.24, 2.45) is 0 Å². The molecule has 5 nitrogen and oxygen atoms in total. The van der Waals surface area contributed by atoms with E-state index < -0.39 is 0 Å². The van der Waals surface area contributed by atoms with E-state index in [4.69, 9.17) is 0 Å². The van der Waals surface area contributed by atoms with Gasteiger partial charge in [-0.1, -0.05) is 60.7 Å². The fourth-order valence-electron chi connectivity index (χ4n) is 4.29. The van der Waals surface area contributed by atoms with Crippen molar-refractivity contribution in [3.8, 4) is 0 Å². The number of hydrogen-bond acceptors (Lipinski definition) is 2. The van der Waals surface area contributed by atoms with Crippen molar-refractivity contribution in [2.45, 2.75) is 19.5 Å². The summed E-state index contributed by atoms with van der Waals surface area (Å²) in [7, 11) is 0. The number of benzene rings is 3. The topological polar surface area (TPSA) is 53.4 Å². The Morgan fingerprint density at radius 3 is 2.22 bits per heavy atom. The number of anilines is 2. The zero-order chi connectivity index (χ0) is 22.2. The van der Waals surface area contributed by atoms with Crippen molar-refractivity contribution in [2.75, 3.05) is 42.9 Å². The van der Waals surface area contributed by atoms with Crippen molar-refractivity contribution in [3.63, 3.8) is 0 Å². The fraction of sp³-hybridized carbons (Fsp3) is 0.296. The summed E-state index contributed by atoms with van der Waals surface area (Å²) >= 11 is 0. The van der Waals surface area contributed by atoms with E-state index in [-0.39, 0.29) is 11.9 Å². The molecule has 1 fully saturated rings. The molecule has 4 rings (SSSR count). The van der Waals surface area contributed by atoms with Crippen molar-refractivity contribution in [3.05, 3.63) is 96.1 Å². The van der Waals surface area contributed by atoms with Crippen molar-refractivity contribution in [1.82, 2.24) is 0 Å². The monoisotopic (exact) mass is 430 g/mol. The molecule has 4 N–H and O–H groups in total. The van der Waals surface area contributed by atoms with Gasteiger partial charge in [0.15, 0.2) is 6.54 Å². The smallest absolute Gasteiger partial charge is 0.279 e. The first-order valence-corrected chi connectivity index (χ1v) is 11.6. The van der Waals surface area contributed by atoms with Crippen LogP contribution in [0.2, 0.25) is 0 Å². The quantitative estimate of drug-likeness (QED) is 0.511. The van der Waals surface area contributed by atoms with Crippen LogP contribution in [0.4, 0.5) is 11.4 Å². The summed E-state index contributed by atoms with van der Waals surface area (Å²) in [6.45, 7) is 8.02. The number of piperazine rings is 1. The second-order valence-electron chi connectivity index (χ2n) is 8.63. The number of nitrogens with two attached hydrogens (primary N) is 1. The predicted octanol–water partition coefficient (Wildman–Crippen LogP) is 1.85. The third-order valence-corrected chi connectivity index (χ3v) is 6.27. The Labute approximate surface area is 191 Å². The molecular formula is C27H34N4O+2. The van der Waals surface area contributed by atoms with E-state index in [0.29, 0.717) is 6.54 Å². The van der Waals surface area contributed by atoms with E-state index in [0.717, 1.165) is 38.4 Å². The van der Waals surface area contributed by atoms with E-state index >= 15 is 0 Å². The Kier molecular flexibility index (Phi) is 7.54. The molecule has 1 amide bonds. The lowest BCUT2D eigenvalue weighted by Gasteiger charge is -2.33. The molecule has 1 saturated heterocycles. The molecule has 0 radical (unpaired) electrons. The Morgan fingerprint density at radius 2 is 1.56 bits per heavy atom. The number of rotatable bonds is 8. The van der Waals surface area contributed by atoms with Gasteiger partial charge in [0.1, 0.15) is 12.6 Å². The summed E-state index contributed by atoms with van der Waals surface area (Å²) in [6, 6.07) is 29.5. The van der Waals surface area contributed by atoms with E-state index in [1.54, 1.807) is 4.90 Å². The van der Waals surface area contributed by atoms with Crippen LogP contribution >= 0.6 is 0 Å². The largest absolute Gasteiger partial charge is 0.360 e. The molecule has 1 heterocycles. The molecule has 3 aromatic carbocycles. The summed E-state index contributed by atoms with van der Waals surface area (Å²) in [6.07, 6.45) is 0. The minimum atomic E-state index is 0.0265. The molecule has 0 aromatic heterocycles. The number of nitrogens with one attached hydrogen (secondary N) is 2. The van der Waals surface area contributed by atoms with Gasteiger partial charge in [-0.2, -0.15) is 0 Å². The van der Waals surface area contributed by atoms with Gasteiger partial charge in [-0.15, -0.1) is 0 Å². The number of carbonyl (C=O) groups excluding carboxylic acids is 1. The molecule has 166 valence electrons. The van der Waals surface area contributed by atoms with Gasteiger partial charge >= 0.3 is 0 Å². The first-order valence-electron chi connectivity index (χ1n) is 11.6. The molecular weight excluding hydrogens is 396 g/mol. The number of carbonyl (C=O) groups is 1. The molecule has 3 aromatic rings. The summed E-state index contributed by atoms with van der Waals surface area (Å²) in [4.78, 5) is 16.4. The van der Waals surface area contributed by atoms with Gasteiger partial charge < -0.3 is 20.4 Å². The minimum absolute atomic E-state index is 0.0265. The highest BCUT2D eigenvalue weighted by atomic mass is 16.1. The summed E-state index contributed by atoms with van der Waals surface area (Å²) in [5, 5.41) is 5.09. The Hall–Kier alpha value is -3.15. The molecule has 0 aliphatic carbocycles. The first kappa shape index (κ1) is 22.1. The lowest BCUT2D eigenvalue weighted by molar-refractivity contribution is -0.914. The van der Waals surface area contributed by atoms with Gasteiger partial charge in [0.2, 0.25) is 0 Å². The molecule has 32 heavy (non-hydrogen) atoms. The minimum Gasteiger partial charge on any atom is -0.360 e. The highest BCUT2D eigenvalue weighted by Crippen LogP contribution is 2.18. The normalized spacial score (nSPS) is 15.3. The average molecular weight is 431 g/mol. The van der Waals surface area contributed by atoms with Crippen LogP contribution in [0.15, 0.2) is 84.9 Å². The number of hydrogen-bond donors (Lipinski definition) is 3. The maximum atomic E-state index is 12.4. The van der Waals surface area contributed by atoms with Crippen LogP contribution < -0.4 is 20.4 Å². The molecule has 0 bridgehead atoms. The second-order valence-corrected chi connectivity index (χ2v) is 8.63. The van der Waals surface area contributed by atoms with Crippen LogP contribution in [0.25, 0.3) is 0 Å². The fourth-order valence-corrected chi connectivity index (χ4v) is 4.29. The summed E-state index contributed by atoms with van der Waals surface area (Å²) in [5.74, 6) is 0.0265. The second kappa shape index (κ2) is 10.9. The highest BCUT2D eigenvalue weighted by Gasteiger charge is 2.20. The number of quaternary nitrogens is 2. The van der Waals surface area contributed by atoms with E-state index in [1.807, 2.05) is 30.3 Å². The molecule has 0 spiro atoms. The predicted molar refractivity (Wildman–Crippen MR) is 130 cm³/mol. The van der Waals surface area contributed by atoms with Crippen molar-refractivity contribution < 1.29 is 15.0 Å². The number of amides is 1. The highest BCUT2D eigenvalue weighted by molar-refractivity contribution is 5.91. The lowest BCUT2D eigenvalue weighted by Crippen LogP contribution is -3.13. The van der Waals surface area contributed by atoms with Gasteiger partial charge in [0, 0.05) is 22.5 Å². The van der Waals surface area contributed by atoms with E-state index in [9.17, 15) is 4.79 Å². The maximum Gasteiger partial charge on any atom is 0.279 e. The van der Waals surface area contributed by atoms with Gasteiger partial charge in [-0.3, -0.25) is 4.79 Å². The van der Waals surface area contributed by atoms with Gasteiger partial charge in [-0.05, 0) is 31.2 Å². The Morgan fingerprint density at radius 1 is 0.938 bits per heavy atom. The van der Waals surface area contributed by atoms with Crippen LogP contribution in [0.1, 0.15) is 24.1 Å². The maximum absolute atomic E-state index is 12.4. The molecule has 1 aliphatic rings. The first-order chi connectivity index (χ1) is 15.7. The standard InChI is InChI=1S/C27H32N4O/c1-22(24-10-6-3-7-11-24)28-20-27(32)29-25-12-14-26(15-13-25)31-18-16-30(17-19-31)21-23-8-4-2-5-9-23/h2-15,22,28H,16-21H2,1H3,(H,29,32)/p+2/t22-/m0/s1. The molecule has 0 saturated carbocycles. The van der Waals surface area contributed by atoms with Crippen molar-refractivity contribution >= 4 is 17.3 Å². The van der Waals surface area contributed by atoms with Gasteiger partial charge in [0.25, 0.3) is 5.91 Å². The summed E-state index contributed by atoms with van der Waals surface area (Å²) < 4.78 is 0. The zero-order valence-corrected chi connectivity index (χ0v) is 18.8. The molecule has 1 aliphatic heterocycles. The van der Waals surface area contributed by atoms with Crippen LogP contribution in [0, 0.1) is 0 Å². The number of nitrogens with zero attached hydrogens (tertiary/aromatic N) is 1. The molecule has 1 atom stereocenters. The van der Waals surface area contributed by atoms with E-state index in [2.05, 4.69) is 77.1 Å². The van der Waals surface area contributed by atoms with Crippen LogP contribution in [0.5, 0.6) is 0 Å².